The van der Waals surface area contributed by atoms with E-state index in [1.54, 1.807) is 18.2 Å². The first-order valence-corrected chi connectivity index (χ1v) is 5.82. The summed E-state index contributed by atoms with van der Waals surface area (Å²) in [6, 6.07) is 4.89. The predicted octanol–water partition coefficient (Wildman–Crippen LogP) is 0.845. The van der Waals surface area contributed by atoms with E-state index in [-0.39, 0.29) is 12.5 Å². The largest absolute Gasteiger partial charge is 0.497 e. The van der Waals surface area contributed by atoms with E-state index in [1.165, 1.54) is 19.1 Å². The van der Waals surface area contributed by atoms with E-state index in [0.29, 0.717) is 30.2 Å². The fourth-order valence-electron chi connectivity index (χ4n) is 1.92. The summed E-state index contributed by atoms with van der Waals surface area (Å²) in [4.78, 5) is 25.1. The molecule has 1 aromatic carbocycles. The number of carbonyl (C=O) groups is 2. The van der Waals surface area contributed by atoms with Crippen LogP contribution in [0.25, 0.3) is 0 Å². The number of anilines is 1. The molecule has 0 atom stereocenters. The lowest BCUT2D eigenvalue weighted by molar-refractivity contribution is -0.125. The van der Waals surface area contributed by atoms with Gasteiger partial charge in [-0.3, -0.25) is 4.79 Å². The molecule has 0 bridgehead atoms. The van der Waals surface area contributed by atoms with Crippen LogP contribution in [0.4, 0.5) is 5.69 Å². The lowest BCUT2D eigenvalue weighted by atomic mass is 10.1. The molecule has 1 aliphatic heterocycles. The molecule has 0 N–H and O–H groups in total. The summed E-state index contributed by atoms with van der Waals surface area (Å²) in [5, 5.41) is 0. The normalized spacial score (nSPS) is 15.3. The average molecular weight is 265 g/mol. The molecule has 1 fully saturated rings. The second-order valence-electron chi connectivity index (χ2n) is 3.97. The van der Waals surface area contributed by atoms with Gasteiger partial charge in [-0.15, -0.1) is 0 Å². The Bertz CT molecular complexity index is 500. The Hall–Kier alpha value is -2.08. The van der Waals surface area contributed by atoms with Crippen molar-refractivity contribution in [2.75, 3.05) is 38.9 Å². The smallest absolute Gasteiger partial charge is 0.339 e. The van der Waals surface area contributed by atoms with Gasteiger partial charge in [-0.25, -0.2) is 4.79 Å². The molecule has 0 saturated carbocycles. The molecule has 0 radical (unpaired) electrons. The molecule has 1 saturated heterocycles. The van der Waals surface area contributed by atoms with Crippen LogP contribution in [-0.2, 0) is 14.3 Å². The van der Waals surface area contributed by atoms with E-state index in [1.807, 2.05) is 0 Å². The molecule has 6 heteroatoms. The Kier molecular flexibility index (Phi) is 4.01. The van der Waals surface area contributed by atoms with Gasteiger partial charge in [0, 0.05) is 12.6 Å². The van der Waals surface area contributed by atoms with Gasteiger partial charge >= 0.3 is 5.97 Å². The molecule has 1 aromatic rings. The van der Waals surface area contributed by atoms with Gasteiger partial charge in [-0.1, -0.05) is 0 Å². The molecule has 6 nitrogen and oxygen atoms in total. The van der Waals surface area contributed by atoms with Crippen molar-refractivity contribution in [3.05, 3.63) is 23.8 Å². The molecule has 0 aliphatic carbocycles. The molecular weight excluding hydrogens is 250 g/mol. The number of amides is 1. The summed E-state index contributed by atoms with van der Waals surface area (Å²) < 4.78 is 14.9. The maximum Gasteiger partial charge on any atom is 0.339 e. The monoisotopic (exact) mass is 265 g/mol. The zero-order chi connectivity index (χ0) is 13.8. The molecule has 19 heavy (non-hydrogen) atoms. The van der Waals surface area contributed by atoms with Crippen LogP contribution in [0.1, 0.15) is 10.4 Å². The quantitative estimate of drug-likeness (QED) is 0.758. The Morgan fingerprint density at radius 2 is 2.16 bits per heavy atom. The Morgan fingerprint density at radius 3 is 2.79 bits per heavy atom. The van der Waals surface area contributed by atoms with Crippen LogP contribution in [0.3, 0.4) is 0 Å². The van der Waals surface area contributed by atoms with Gasteiger partial charge in [0.05, 0.1) is 32.1 Å². The molecule has 1 aliphatic rings. The molecule has 0 unspecified atom stereocenters. The third-order valence-electron chi connectivity index (χ3n) is 2.89. The summed E-state index contributed by atoms with van der Waals surface area (Å²) in [5.41, 5.74) is 0.818. The van der Waals surface area contributed by atoms with Crippen molar-refractivity contribution >= 4 is 17.6 Å². The number of nitrogens with zero attached hydrogens (tertiary/aromatic N) is 1. The number of hydrogen-bond acceptors (Lipinski definition) is 5. The van der Waals surface area contributed by atoms with Gasteiger partial charge < -0.3 is 19.1 Å². The topological polar surface area (TPSA) is 65.1 Å². The first-order valence-electron chi connectivity index (χ1n) is 5.82. The van der Waals surface area contributed by atoms with Crippen LogP contribution in [0, 0.1) is 0 Å². The average Bonchev–Trinajstić information content (AvgIpc) is 2.46. The van der Waals surface area contributed by atoms with Gasteiger partial charge in [-0.2, -0.15) is 0 Å². The number of carbonyl (C=O) groups excluding carboxylic acids is 2. The molecule has 2 rings (SSSR count). The van der Waals surface area contributed by atoms with E-state index >= 15 is 0 Å². The number of ether oxygens (including phenoxy) is 3. The highest BCUT2D eigenvalue weighted by Crippen LogP contribution is 2.27. The van der Waals surface area contributed by atoms with E-state index < -0.39 is 5.97 Å². The van der Waals surface area contributed by atoms with Crippen molar-refractivity contribution in [2.45, 2.75) is 0 Å². The van der Waals surface area contributed by atoms with Crippen LogP contribution in [0.2, 0.25) is 0 Å². The highest BCUT2D eigenvalue weighted by Gasteiger charge is 2.25. The molecule has 0 aromatic heterocycles. The number of hydrogen-bond donors (Lipinski definition) is 0. The van der Waals surface area contributed by atoms with Crippen molar-refractivity contribution in [1.29, 1.82) is 0 Å². The number of methoxy groups -OCH3 is 2. The summed E-state index contributed by atoms with van der Waals surface area (Å²) >= 11 is 0. The van der Waals surface area contributed by atoms with Gasteiger partial charge in [0.2, 0.25) is 0 Å². The first-order chi connectivity index (χ1) is 9.17. The number of benzene rings is 1. The SMILES string of the molecule is COC(=O)c1ccc(OC)cc1N1CCOCC1=O. The van der Waals surface area contributed by atoms with Crippen molar-refractivity contribution < 1.29 is 23.8 Å². The summed E-state index contributed by atoms with van der Waals surface area (Å²) in [6.45, 7) is 0.845. The second kappa shape index (κ2) is 5.71. The van der Waals surface area contributed by atoms with Crippen LogP contribution >= 0.6 is 0 Å². The van der Waals surface area contributed by atoms with Crippen molar-refractivity contribution in [2.24, 2.45) is 0 Å². The Balaban J connectivity index is 2.45. The molecule has 1 heterocycles. The fourth-order valence-corrected chi connectivity index (χ4v) is 1.92. The standard InChI is InChI=1S/C13H15NO5/c1-17-9-3-4-10(13(16)18-2)11(7-9)14-5-6-19-8-12(14)15/h3-4,7H,5-6,8H2,1-2H3. The van der Waals surface area contributed by atoms with Crippen molar-refractivity contribution in [3.63, 3.8) is 0 Å². The number of morpholine rings is 1. The van der Waals surface area contributed by atoms with Gasteiger partial charge in [-0.05, 0) is 12.1 Å². The van der Waals surface area contributed by atoms with Crippen LogP contribution in [0.5, 0.6) is 5.75 Å². The maximum absolute atomic E-state index is 11.9. The zero-order valence-electron chi connectivity index (χ0n) is 10.8. The number of esters is 1. The minimum absolute atomic E-state index is 0.0117. The third-order valence-corrected chi connectivity index (χ3v) is 2.89. The van der Waals surface area contributed by atoms with E-state index in [9.17, 15) is 9.59 Å². The first kappa shape index (κ1) is 13.4. The highest BCUT2D eigenvalue weighted by molar-refractivity contribution is 6.03. The summed E-state index contributed by atoms with van der Waals surface area (Å²) in [6.07, 6.45) is 0. The fraction of sp³-hybridized carbons (Fsp3) is 0.385. The van der Waals surface area contributed by atoms with E-state index in [0.717, 1.165) is 0 Å². The molecular formula is C13H15NO5. The lowest BCUT2D eigenvalue weighted by Gasteiger charge is -2.28. The highest BCUT2D eigenvalue weighted by atomic mass is 16.5. The van der Waals surface area contributed by atoms with Crippen LogP contribution in [0.15, 0.2) is 18.2 Å². The second-order valence-corrected chi connectivity index (χ2v) is 3.97. The van der Waals surface area contributed by atoms with Crippen molar-refractivity contribution in [1.82, 2.24) is 0 Å². The summed E-state index contributed by atoms with van der Waals surface area (Å²) in [7, 11) is 2.83. The minimum atomic E-state index is -0.489. The zero-order valence-corrected chi connectivity index (χ0v) is 10.8. The third kappa shape index (κ3) is 2.68. The van der Waals surface area contributed by atoms with Crippen LogP contribution < -0.4 is 9.64 Å². The molecule has 0 spiro atoms. The molecule has 102 valence electrons. The van der Waals surface area contributed by atoms with Crippen molar-refractivity contribution in [3.8, 4) is 5.75 Å². The van der Waals surface area contributed by atoms with E-state index in [4.69, 9.17) is 14.2 Å². The lowest BCUT2D eigenvalue weighted by Crippen LogP contribution is -2.42. The molecule has 1 amide bonds. The number of rotatable bonds is 3. The van der Waals surface area contributed by atoms with Gasteiger partial charge in [0.15, 0.2) is 0 Å². The Labute approximate surface area is 110 Å². The summed E-state index contributed by atoms with van der Waals surface area (Å²) in [5.74, 6) is -0.108. The minimum Gasteiger partial charge on any atom is -0.497 e. The Morgan fingerprint density at radius 1 is 1.37 bits per heavy atom. The van der Waals surface area contributed by atoms with Gasteiger partial charge in [0.1, 0.15) is 12.4 Å². The van der Waals surface area contributed by atoms with Gasteiger partial charge in [0.25, 0.3) is 5.91 Å². The van der Waals surface area contributed by atoms with Crippen LogP contribution in [-0.4, -0.2) is 45.9 Å². The predicted molar refractivity (Wildman–Crippen MR) is 67.5 cm³/mol. The maximum atomic E-state index is 11.9. The van der Waals surface area contributed by atoms with E-state index in [2.05, 4.69) is 0 Å².